The summed E-state index contributed by atoms with van der Waals surface area (Å²) in [5.74, 6) is 1.31. The van der Waals surface area contributed by atoms with Crippen molar-refractivity contribution in [2.24, 2.45) is 15.4 Å². The monoisotopic (exact) mass is 577 g/mol. The van der Waals surface area contributed by atoms with E-state index in [9.17, 15) is 20.1 Å². The molecule has 38 heavy (non-hydrogen) atoms. The summed E-state index contributed by atoms with van der Waals surface area (Å²) in [4.78, 5) is 23.5. The highest BCUT2D eigenvalue weighted by molar-refractivity contribution is 8.15. The fourth-order valence-electron chi connectivity index (χ4n) is 5.18. The molecule has 0 radical (unpaired) electrons. The Labute approximate surface area is 238 Å². The van der Waals surface area contributed by atoms with Crippen molar-refractivity contribution in [2.75, 3.05) is 24.3 Å². The predicted octanol–water partition coefficient (Wildman–Crippen LogP) is 4.90. The standard InChI is InChI=1S/C28H39N3O4S3/c1-6-7-8-9-11-17-12-10-13-20(32)21(17)23-29-18(14-36-23)24-31(5)19(15-37-24)22(33)27(2,3)25-30-28(4,16-38-25)26(34)35/h6,10,12-13,18-19,22,24,32-33H,1,7-9,11,14-16H2,2-5H3,(H,34,35)/t18-,19+,22-,24-,28-/m1/s1. The minimum atomic E-state index is -1.14. The lowest BCUT2D eigenvalue weighted by molar-refractivity contribution is -0.141. The molecule has 3 aliphatic heterocycles. The molecule has 1 saturated heterocycles. The maximum absolute atomic E-state index is 11.7. The molecule has 4 rings (SSSR count). The lowest BCUT2D eigenvalue weighted by Crippen LogP contribution is -2.51. The largest absolute Gasteiger partial charge is 0.507 e. The number of hydrogen-bond donors (Lipinski definition) is 3. The molecule has 7 nitrogen and oxygen atoms in total. The number of unbranched alkanes of at least 4 members (excludes halogenated alkanes) is 2. The number of phenols is 1. The Balaban J connectivity index is 1.47. The van der Waals surface area contributed by atoms with Crippen LogP contribution in [-0.2, 0) is 11.2 Å². The molecule has 0 bridgehead atoms. The van der Waals surface area contributed by atoms with Crippen molar-refractivity contribution >= 4 is 51.3 Å². The van der Waals surface area contributed by atoms with Crippen LogP contribution in [-0.4, -0.2) is 89.7 Å². The van der Waals surface area contributed by atoms with Gasteiger partial charge in [0.2, 0.25) is 0 Å². The maximum atomic E-state index is 11.7. The summed E-state index contributed by atoms with van der Waals surface area (Å²) in [6.07, 6.45) is 5.24. The number of aliphatic carboxylic acids is 1. The number of carboxylic acids is 1. The van der Waals surface area contributed by atoms with Gasteiger partial charge < -0.3 is 15.3 Å². The quantitative estimate of drug-likeness (QED) is 0.252. The Kier molecular flexibility index (Phi) is 9.29. The molecule has 0 saturated carbocycles. The summed E-state index contributed by atoms with van der Waals surface area (Å²) in [7, 11) is 2.04. The molecule has 10 heteroatoms. The first-order valence-corrected chi connectivity index (χ1v) is 16.1. The van der Waals surface area contributed by atoms with Gasteiger partial charge in [0.1, 0.15) is 10.8 Å². The number of benzene rings is 1. The molecule has 3 aliphatic rings. The summed E-state index contributed by atoms with van der Waals surface area (Å²) in [5, 5.41) is 33.5. The average molecular weight is 578 g/mol. The fraction of sp³-hybridized carbons (Fsp3) is 0.607. The Morgan fingerprint density at radius 1 is 1.32 bits per heavy atom. The van der Waals surface area contributed by atoms with Gasteiger partial charge in [0.25, 0.3) is 0 Å². The lowest BCUT2D eigenvalue weighted by Gasteiger charge is -2.38. The number of thioether (sulfide) groups is 3. The van der Waals surface area contributed by atoms with E-state index < -0.39 is 23.0 Å². The first-order valence-electron chi connectivity index (χ1n) is 13.1. The molecule has 0 unspecified atom stereocenters. The van der Waals surface area contributed by atoms with Crippen molar-refractivity contribution in [1.29, 1.82) is 0 Å². The molecule has 0 aliphatic carbocycles. The molecular weight excluding hydrogens is 539 g/mol. The van der Waals surface area contributed by atoms with E-state index in [4.69, 9.17) is 4.99 Å². The molecule has 5 atom stereocenters. The SMILES string of the molecule is C=CCCCCc1cccc(O)c1C1=N[C@@H]([C@H]2SC[C@@H]([C@@H](O)C(C)(C)C3=N[C@@](C)(C(=O)O)CS3)N2C)CS1. The average Bonchev–Trinajstić information content (AvgIpc) is 3.60. The number of aliphatic hydroxyl groups excluding tert-OH is 1. The lowest BCUT2D eigenvalue weighted by atomic mass is 9.83. The predicted molar refractivity (Wildman–Crippen MR) is 162 cm³/mol. The van der Waals surface area contributed by atoms with Crippen LogP contribution < -0.4 is 0 Å². The molecule has 3 N–H and O–H groups in total. The third-order valence-corrected chi connectivity index (χ3v) is 12.0. The van der Waals surface area contributed by atoms with Gasteiger partial charge in [-0.2, -0.15) is 0 Å². The highest BCUT2D eigenvalue weighted by atomic mass is 32.2. The van der Waals surface area contributed by atoms with Gasteiger partial charge >= 0.3 is 5.97 Å². The van der Waals surface area contributed by atoms with Gasteiger partial charge in [-0.05, 0) is 51.3 Å². The highest BCUT2D eigenvalue weighted by Gasteiger charge is 2.50. The highest BCUT2D eigenvalue weighted by Crippen LogP contribution is 2.44. The van der Waals surface area contributed by atoms with Crippen molar-refractivity contribution in [3.8, 4) is 5.75 Å². The number of aliphatic imine (C=N–C) groups is 2. The summed E-state index contributed by atoms with van der Waals surface area (Å²) in [5.41, 5.74) is 0.183. The molecule has 208 valence electrons. The van der Waals surface area contributed by atoms with E-state index in [2.05, 4.69) is 22.5 Å². The first-order chi connectivity index (χ1) is 18.0. The number of aliphatic hydroxyl groups is 1. The summed E-state index contributed by atoms with van der Waals surface area (Å²) in [6.45, 7) is 9.35. The van der Waals surface area contributed by atoms with Crippen LogP contribution in [0.1, 0.15) is 51.2 Å². The third kappa shape index (κ3) is 5.84. The Morgan fingerprint density at radius 3 is 2.76 bits per heavy atom. The number of carbonyl (C=O) groups is 1. The zero-order valence-electron chi connectivity index (χ0n) is 22.6. The molecule has 0 aromatic heterocycles. The fourth-order valence-corrected chi connectivity index (χ4v) is 9.42. The van der Waals surface area contributed by atoms with Crippen LogP contribution in [0, 0.1) is 5.41 Å². The van der Waals surface area contributed by atoms with Crippen molar-refractivity contribution in [1.82, 2.24) is 4.90 Å². The topological polar surface area (TPSA) is 106 Å². The smallest absolute Gasteiger partial charge is 0.332 e. The number of likely N-dealkylation sites (N-methyl/N-ethyl adjacent to an activating group) is 1. The van der Waals surface area contributed by atoms with E-state index >= 15 is 0 Å². The van der Waals surface area contributed by atoms with Crippen LogP contribution in [0.2, 0.25) is 0 Å². The van der Waals surface area contributed by atoms with Gasteiger partial charge in [-0.15, -0.1) is 41.9 Å². The Hall–Kier alpha value is -1.46. The van der Waals surface area contributed by atoms with E-state index in [1.54, 1.807) is 36.5 Å². The number of carboxylic acid groups (broad SMARTS) is 1. The minimum Gasteiger partial charge on any atom is -0.507 e. The molecule has 0 spiro atoms. The number of aryl methyl sites for hydroxylation is 1. The van der Waals surface area contributed by atoms with Crippen molar-refractivity contribution in [3.63, 3.8) is 0 Å². The van der Waals surface area contributed by atoms with Crippen LogP contribution in [0.3, 0.4) is 0 Å². The molecule has 3 heterocycles. The van der Waals surface area contributed by atoms with Crippen molar-refractivity contribution in [2.45, 2.75) is 75.6 Å². The van der Waals surface area contributed by atoms with Crippen molar-refractivity contribution < 1.29 is 20.1 Å². The number of rotatable bonds is 11. The van der Waals surface area contributed by atoms with E-state index in [-0.39, 0.29) is 23.2 Å². The van der Waals surface area contributed by atoms with Gasteiger partial charge in [0, 0.05) is 28.7 Å². The van der Waals surface area contributed by atoms with Gasteiger partial charge in [-0.3, -0.25) is 14.9 Å². The van der Waals surface area contributed by atoms with Crippen LogP contribution >= 0.6 is 35.3 Å². The zero-order valence-corrected chi connectivity index (χ0v) is 25.0. The van der Waals surface area contributed by atoms with Crippen molar-refractivity contribution in [3.05, 3.63) is 42.0 Å². The number of nitrogens with zero attached hydrogens (tertiary/aromatic N) is 3. The van der Waals surface area contributed by atoms with Gasteiger partial charge in [0.15, 0.2) is 5.54 Å². The summed E-state index contributed by atoms with van der Waals surface area (Å²) >= 11 is 4.94. The van der Waals surface area contributed by atoms with E-state index in [1.807, 2.05) is 33.0 Å². The maximum Gasteiger partial charge on any atom is 0.332 e. The molecular formula is C28H39N3O4S3. The summed E-state index contributed by atoms with van der Waals surface area (Å²) in [6, 6.07) is 5.67. The van der Waals surface area contributed by atoms with Crippen LogP contribution in [0.15, 0.2) is 40.8 Å². The Bertz CT molecular complexity index is 1120. The van der Waals surface area contributed by atoms with Crippen LogP contribution in [0.4, 0.5) is 0 Å². The zero-order chi connectivity index (χ0) is 27.7. The number of aromatic hydroxyl groups is 1. The molecule has 1 aromatic carbocycles. The van der Waals surface area contributed by atoms with Crippen LogP contribution in [0.25, 0.3) is 0 Å². The number of phenolic OH excluding ortho intramolecular Hbond substituents is 1. The number of allylic oxidation sites excluding steroid dienone is 1. The molecule has 0 amide bonds. The second-order valence-corrected chi connectivity index (χ2v) is 14.2. The third-order valence-electron chi connectivity index (χ3n) is 7.77. The second-order valence-electron chi connectivity index (χ2n) is 11.1. The van der Waals surface area contributed by atoms with E-state index in [0.29, 0.717) is 10.8 Å². The molecule has 1 aromatic rings. The number of hydrogen-bond acceptors (Lipinski definition) is 9. The second kappa shape index (κ2) is 12.0. The van der Waals surface area contributed by atoms with E-state index in [1.165, 1.54) is 11.8 Å². The minimum absolute atomic E-state index is 0.0482. The van der Waals surface area contributed by atoms with Crippen LogP contribution in [0.5, 0.6) is 5.75 Å². The van der Waals surface area contributed by atoms with Gasteiger partial charge in [-0.25, -0.2) is 4.79 Å². The summed E-state index contributed by atoms with van der Waals surface area (Å²) < 4.78 is 0. The Morgan fingerprint density at radius 2 is 2.08 bits per heavy atom. The molecule has 1 fully saturated rings. The first kappa shape index (κ1) is 29.5. The van der Waals surface area contributed by atoms with Gasteiger partial charge in [-0.1, -0.05) is 32.1 Å². The van der Waals surface area contributed by atoms with E-state index in [0.717, 1.165) is 53.4 Å². The van der Waals surface area contributed by atoms with Gasteiger partial charge in [0.05, 0.1) is 28.1 Å². The normalized spacial score (nSPS) is 28.8.